The summed E-state index contributed by atoms with van der Waals surface area (Å²) in [5.41, 5.74) is 4.74. The third-order valence-electron chi connectivity index (χ3n) is 13.2. The Morgan fingerprint density at radius 2 is 1.57 bits per heavy atom. The van der Waals surface area contributed by atoms with Crippen molar-refractivity contribution < 1.29 is 9.53 Å². The van der Waals surface area contributed by atoms with Gasteiger partial charge in [0.05, 0.1) is 0 Å². The summed E-state index contributed by atoms with van der Waals surface area (Å²) in [6, 6.07) is 0. The molecule has 0 radical (unpaired) electrons. The molecular weight excluding hydrogens is 428 g/mol. The van der Waals surface area contributed by atoms with Gasteiger partial charge in [-0.1, -0.05) is 79.2 Å². The average Bonchev–Trinajstić information content (AvgIpc) is 2.72. The van der Waals surface area contributed by atoms with Gasteiger partial charge in [0.2, 0.25) is 0 Å². The van der Waals surface area contributed by atoms with Gasteiger partial charge in [-0.3, -0.25) is 4.79 Å². The number of carbonyl (C=O) groups is 1. The molecule has 0 aromatic carbocycles. The first-order valence-corrected chi connectivity index (χ1v) is 14.6. The minimum absolute atomic E-state index is 0.0102. The van der Waals surface area contributed by atoms with Crippen molar-refractivity contribution in [1.82, 2.24) is 0 Å². The smallest absolute Gasteiger partial charge is 0.302 e. The summed E-state index contributed by atoms with van der Waals surface area (Å²) in [6.07, 6.45) is 14.0. The van der Waals surface area contributed by atoms with Gasteiger partial charge in [-0.2, -0.15) is 0 Å². The van der Waals surface area contributed by atoms with E-state index in [-0.39, 0.29) is 33.7 Å². The van der Waals surface area contributed by atoms with Gasteiger partial charge >= 0.3 is 5.97 Å². The molecule has 0 spiro atoms. The minimum Gasteiger partial charge on any atom is -0.462 e. The van der Waals surface area contributed by atoms with Crippen molar-refractivity contribution >= 4 is 5.97 Å². The van der Waals surface area contributed by atoms with Gasteiger partial charge in [-0.25, -0.2) is 0 Å². The lowest BCUT2D eigenvalue weighted by Gasteiger charge is -2.71. The molecule has 35 heavy (non-hydrogen) atoms. The highest BCUT2D eigenvalue weighted by Crippen LogP contribution is 2.76. The molecule has 0 unspecified atom stereocenters. The second-order valence-corrected chi connectivity index (χ2v) is 16.0. The molecular formula is C33H52O2. The van der Waals surface area contributed by atoms with Gasteiger partial charge in [-0.05, 0) is 103 Å². The highest BCUT2D eigenvalue weighted by molar-refractivity contribution is 5.66. The maximum absolute atomic E-state index is 11.9. The van der Waals surface area contributed by atoms with E-state index in [0.29, 0.717) is 28.6 Å². The predicted octanol–water partition coefficient (Wildman–Crippen LogP) is 8.91. The number of allylic oxidation sites excluding steroid dienone is 3. The Bertz CT molecular complexity index is 970. The minimum atomic E-state index is -0.129. The maximum atomic E-state index is 11.9. The lowest BCUT2D eigenvalue weighted by atomic mass is 9.33. The first-order valence-electron chi connectivity index (χ1n) is 14.6. The Balaban J connectivity index is 1.58. The first kappa shape index (κ1) is 25.6. The molecule has 0 heterocycles. The molecule has 4 saturated carbocycles. The summed E-state index contributed by atoms with van der Waals surface area (Å²) in [7, 11) is 0. The molecule has 0 N–H and O–H groups in total. The highest BCUT2D eigenvalue weighted by atomic mass is 16.5. The SMILES string of the molecule is C=C1C=C2[C@H]3CC(C)(C)CC[C@]3(C)CC[C@]2(C)[C@]2(C)CC[C@H]3C(C)(C)[C@@H](OC(C)=O)CC[C@]3(C)[C@H]12. The van der Waals surface area contributed by atoms with Crippen molar-refractivity contribution in [3.63, 3.8) is 0 Å². The second kappa shape index (κ2) is 7.50. The van der Waals surface area contributed by atoms with Crippen molar-refractivity contribution in [2.75, 3.05) is 0 Å². The topological polar surface area (TPSA) is 26.3 Å². The zero-order chi connectivity index (χ0) is 25.8. The summed E-state index contributed by atoms with van der Waals surface area (Å²) >= 11 is 0. The zero-order valence-corrected chi connectivity index (χ0v) is 24.3. The number of hydrogen-bond acceptors (Lipinski definition) is 2. The Morgan fingerprint density at radius 1 is 0.914 bits per heavy atom. The van der Waals surface area contributed by atoms with Crippen molar-refractivity contribution in [2.45, 2.75) is 126 Å². The van der Waals surface area contributed by atoms with E-state index in [0.717, 1.165) is 12.8 Å². The molecule has 0 saturated heterocycles. The second-order valence-electron chi connectivity index (χ2n) is 16.0. The van der Waals surface area contributed by atoms with Gasteiger partial charge in [-0.15, -0.1) is 0 Å². The molecule has 0 aromatic rings. The number of carbonyl (C=O) groups excluding carboxylic acids is 1. The quantitative estimate of drug-likeness (QED) is 0.350. The van der Waals surface area contributed by atoms with Gasteiger partial charge < -0.3 is 4.74 Å². The van der Waals surface area contributed by atoms with Gasteiger partial charge in [0.15, 0.2) is 0 Å². The fourth-order valence-electron chi connectivity index (χ4n) is 11.0. The van der Waals surface area contributed by atoms with Crippen LogP contribution in [0.5, 0.6) is 0 Å². The monoisotopic (exact) mass is 480 g/mol. The number of ether oxygens (including phenoxy) is 1. The van der Waals surface area contributed by atoms with Gasteiger partial charge in [0.1, 0.15) is 6.10 Å². The number of hydrogen-bond donors (Lipinski definition) is 0. The van der Waals surface area contributed by atoms with Crippen molar-refractivity contribution in [2.24, 2.45) is 50.2 Å². The zero-order valence-electron chi connectivity index (χ0n) is 24.3. The summed E-state index contributed by atoms with van der Waals surface area (Å²) in [5.74, 6) is 1.61. The Hall–Kier alpha value is -1.05. The fourth-order valence-corrected chi connectivity index (χ4v) is 11.0. The van der Waals surface area contributed by atoms with Crippen molar-refractivity contribution in [1.29, 1.82) is 0 Å². The third kappa shape index (κ3) is 3.36. The fraction of sp³-hybridized carbons (Fsp3) is 0.848. The molecule has 2 nitrogen and oxygen atoms in total. The molecule has 5 rings (SSSR count). The van der Waals surface area contributed by atoms with Gasteiger partial charge in [0.25, 0.3) is 0 Å². The molecule has 5 aliphatic rings. The summed E-state index contributed by atoms with van der Waals surface area (Å²) < 4.78 is 5.91. The summed E-state index contributed by atoms with van der Waals surface area (Å²) in [4.78, 5) is 11.9. The van der Waals surface area contributed by atoms with Crippen LogP contribution in [0.1, 0.15) is 120 Å². The van der Waals surface area contributed by atoms with Crippen LogP contribution in [-0.2, 0) is 9.53 Å². The van der Waals surface area contributed by atoms with Gasteiger partial charge in [0, 0.05) is 12.3 Å². The lowest BCUT2D eigenvalue weighted by Crippen LogP contribution is -2.65. The average molecular weight is 481 g/mol. The van der Waals surface area contributed by atoms with E-state index in [1.165, 1.54) is 50.5 Å². The van der Waals surface area contributed by atoms with Crippen molar-refractivity contribution in [3.05, 3.63) is 23.8 Å². The van der Waals surface area contributed by atoms with Crippen LogP contribution in [0.2, 0.25) is 0 Å². The summed E-state index contributed by atoms with van der Waals surface area (Å²) in [5, 5.41) is 0. The molecule has 5 aliphatic carbocycles. The van der Waals surface area contributed by atoms with Crippen LogP contribution >= 0.6 is 0 Å². The molecule has 0 aliphatic heterocycles. The normalized spacial score (nSPS) is 50.1. The third-order valence-corrected chi connectivity index (χ3v) is 13.2. The van der Waals surface area contributed by atoms with Crippen LogP contribution in [0.4, 0.5) is 0 Å². The Labute approximate surface area is 215 Å². The van der Waals surface area contributed by atoms with Crippen LogP contribution in [0.15, 0.2) is 23.8 Å². The number of fused-ring (bicyclic) bond motifs is 7. The molecule has 0 aromatic heterocycles. The van der Waals surface area contributed by atoms with E-state index in [2.05, 4.69) is 61.5 Å². The number of esters is 1. The Kier molecular flexibility index (Phi) is 5.49. The highest BCUT2D eigenvalue weighted by Gasteiger charge is 2.69. The predicted molar refractivity (Wildman–Crippen MR) is 145 cm³/mol. The van der Waals surface area contributed by atoms with Crippen molar-refractivity contribution in [3.8, 4) is 0 Å². The van der Waals surface area contributed by atoms with E-state index in [1.807, 2.05) is 0 Å². The standard InChI is InChI=1S/C33H52O2/c1-21-19-23-24-20-28(3,4)15-16-30(24,7)17-18-32(23,9)33(10)14-11-25-29(5,6)26(35-22(2)34)12-13-31(25,8)27(21)33/h19,24-27H,1,11-18,20H2,2-10H3/t24-,25+,26+,27+,30-,31+,32+,33-/m1/s1. The molecule has 8 atom stereocenters. The molecule has 4 fully saturated rings. The van der Waals surface area contributed by atoms with Crippen LogP contribution in [-0.4, -0.2) is 12.1 Å². The Morgan fingerprint density at radius 3 is 2.23 bits per heavy atom. The van der Waals surface area contributed by atoms with E-state index in [4.69, 9.17) is 11.3 Å². The molecule has 196 valence electrons. The van der Waals surface area contributed by atoms with E-state index in [1.54, 1.807) is 12.5 Å². The largest absolute Gasteiger partial charge is 0.462 e. The van der Waals surface area contributed by atoms with Crippen LogP contribution in [0, 0.1) is 50.2 Å². The van der Waals surface area contributed by atoms with E-state index < -0.39 is 0 Å². The van der Waals surface area contributed by atoms with E-state index in [9.17, 15) is 4.79 Å². The van der Waals surface area contributed by atoms with E-state index >= 15 is 0 Å². The first-order chi connectivity index (χ1) is 16.0. The molecule has 0 amide bonds. The van der Waals surface area contributed by atoms with Crippen LogP contribution in [0.25, 0.3) is 0 Å². The van der Waals surface area contributed by atoms with Crippen LogP contribution < -0.4 is 0 Å². The maximum Gasteiger partial charge on any atom is 0.302 e. The molecule has 2 heteroatoms. The number of rotatable bonds is 1. The lowest BCUT2D eigenvalue weighted by molar-refractivity contribution is -0.202. The summed E-state index contributed by atoms with van der Waals surface area (Å²) in [6.45, 7) is 26.6. The van der Waals surface area contributed by atoms with Crippen LogP contribution in [0.3, 0.4) is 0 Å². The molecule has 0 bridgehead atoms.